The van der Waals surface area contributed by atoms with Crippen LogP contribution in [0.4, 0.5) is 9.18 Å². The van der Waals surface area contributed by atoms with Gasteiger partial charge in [0, 0.05) is 11.3 Å². The molecule has 0 bridgehead atoms. The van der Waals surface area contributed by atoms with E-state index >= 15 is 0 Å². The zero-order chi connectivity index (χ0) is 20.9. The second kappa shape index (κ2) is 9.23. The first-order valence-electron chi connectivity index (χ1n) is 10.0. The molecule has 1 amide bonds. The smallest absolute Gasteiger partial charge is 0.411 e. The van der Waals surface area contributed by atoms with Crippen molar-refractivity contribution in [2.75, 3.05) is 20.1 Å². The van der Waals surface area contributed by atoms with Crippen molar-refractivity contribution in [2.45, 2.75) is 38.7 Å². The van der Waals surface area contributed by atoms with Crippen LogP contribution in [-0.2, 0) is 16.8 Å². The fourth-order valence-corrected chi connectivity index (χ4v) is 3.61. The first kappa shape index (κ1) is 21.1. The fourth-order valence-electron chi connectivity index (χ4n) is 3.61. The highest BCUT2D eigenvalue weighted by molar-refractivity contribution is 5.71. The van der Waals surface area contributed by atoms with Crippen LogP contribution in [0.3, 0.4) is 0 Å². The standard InChI is InChI=1S/C24H29FN2O2/c1-18(26-23(28)29-17-19-7-5-4-6-8-19)15-20-9-10-21(16-22(20)25)24(2)11-13-27(3)14-12-24/h4-10,15-16H,11-14,17H2,1-3H3,(H,26,28)/b18-15+. The van der Waals surface area contributed by atoms with Crippen molar-refractivity contribution >= 4 is 12.2 Å². The predicted molar refractivity (Wildman–Crippen MR) is 114 cm³/mol. The lowest BCUT2D eigenvalue weighted by Crippen LogP contribution is -2.38. The Morgan fingerprint density at radius 2 is 1.90 bits per heavy atom. The van der Waals surface area contributed by atoms with Gasteiger partial charge in [-0.1, -0.05) is 49.4 Å². The molecule has 0 atom stereocenters. The van der Waals surface area contributed by atoms with Gasteiger partial charge in [0.15, 0.2) is 0 Å². The van der Waals surface area contributed by atoms with Crippen molar-refractivity contribution in [3.63, 3.8) is 0 Å². The maximum absolute atomic E-state index is 14.7. The number of carbonyl (C=O) groups excluding carboxylic acids is 1. The normalized spacial score (nSPS) is 17.0. The lowest BCUT2D eigenvalue weighted by molar-refractivity contribution is 0.142. The molecule has 0 unspecified atom stereocenters. The minimum atomic E-state index is -0.557. The summed E-state index contributed by atoms with van der Waals surface area (Å²) in [6.45, 7) is 6.16. The summed E-state index contributed by atoms with van der Waals surface area (Å²) in [5.74, 6) is -0.276. The van der Waals surface area contributed by atoms with E-state index in [0.717, 1.165) is 37.1 Å². The van der Waals surface area contributed by atoms with Gasteiger partial charge < -0.3 is 9.64 Å². The van der Waals surface area contributed by atoms with Crippen LogP contribution < -0.4 is 5.32 Å². The molecule has 1 fully saturated rings. The Morgan fingerprint density at radius 3 is 2.55 bits per heavy atom. The number of alkyl carbamates (subject to hydrolysis) is 1. The Morgan fingerprint density at radius 1 is 1.21 bits per heavy atom. The summed E-state index contributed by atoms with van der Waals surface area (Å²) in [5, 5.41) is 2.64. The van der Waals surface area contributed by atoms with Crippen LogP contribution in [0, 0.1) is 5.82 Å². The summed E-state index contributed by atoms with van der Waals surface area (Å²) in [7, 11) is 2.12. The quantitative estimate of drug-likeness (QED) is 0.765. The summed E-state index contributed by atoms with van der Waals surface area (Å²) >= 11 is 0. The van der Waals surface area contributed by atoms with Crippen LogP contribution in [0.1, 0.15) is 43.4 Å². The number of ether oxygens (including phenoxy) is 1. The summed E-state index contributed by atoms with van der Waals surface area (Å²) < 4.78 is 19.9. The Kier molecular flexibility index (Phi) is 6.70. The summed E-state index contributed by atoms with van der Waals surface area (Å²) in [4.78, 5) is 14.3. The third-order valence-corrected chi connectivity index (χ3v) is 5.67. The second-order valence-electron chi connectivity index (χ2n) is 8.11. The number of nitrogens with one attached hydrogen (secondary N) is 1. The molecule has 0 aliphatic carbocycles. The van der Waals surface area contributed by atoms with E-state index in [1.807, 2.05) is 36.4 Å². The highest BCUT2D eigenvalue weighted by atomic mass is 19.1. The molecule has 1 saturated heterocycles. The van der Waals surface area contributed by atoms with Crippen molar-refractivity contribution in [3.8, 4) is 0 Å². The molecule has 154 valence electrons. The zero-order valence-corrected chi connectivity index (χ0v) is 17.4. The molecule has 0 spiro atoms. The van der Waals surface area contributed by atoms with Crippen molar-refractivity contribution < 1.29 is 13.9 Å². The Labute approximate surface area is 172 Å². The Bertz CT molecular complexity index is 872. The number of halogens is 1. The Hall–Kier alpha value is -2.66. The van der Waals surface area contributed by atoms with Gasteiger partial charge in [0.2, 0.25) is 0 Å². The topological polar surface area (TPSA) is 41.6 Å². The van der Waals surface area contributed by atoms with Crippen LogP contribution in [-0.4, -0.2) is 31.1 Å². The van der Waals surface area contributed by atoms with Gasteiger partial charge in [-0.05, 0) is 68.6 Å². The molecule has 1 aliphatic rings. The summed E-state index contributed by atoms with van der Waals surface area (Å²) in [6.07, 6.45) is 3.11. The predicted octanol–water partition coefficient (Wildman–Crippen LogP) is 5.10. The molecule has 29 heavy (non-hydrogen) atoms. The van der Waals surface area contributed by atoms with Crippen molar-refractivity contribution in [2.24, 2.45) is 0 Å². The third kappa shape index (κ3) is 5.67. The largest absolute Gasteiger partial charge is 0.444 e. The number of amides is 1. The van der Waals surface area contributed by atoms with Crippen LogP contribution in [0.2, 0.25) is 0 Å². The van der Waals surface area contributed by atoms with E-state index in [9.17, 15) is 9.18 Å². The number of hydrogen-bond donors (Lipinski definition) is 1. The number of benzene rings is 2. The van der Waals surface area contributed by atoms with E-state index in [1.54, 1.807) is 25.1 Å². The van der Waals surface area contributed by atoms with Gasteiger partial charge in [-0.25, -0.2) is 9.18 Å². The van der Waals surface area contributed by atoms with Crippen LogP contribution >= 0.6 is 0 Å². The van der Waals surface area contributed by atoms with Crippen LogP contribution in [0.15, 0.2) is 54.2 Å². The monoisotopic (exact) mass is 396 g/mol. The molecule has 1 aliphatic heterocycles. The SMILES string of the molecule is C/C(=C\c1ccc(C2(C)CCN(C)CC2)cc1F)NC(=O)OCc1ccccc1. The molecule has 3 rings (SSSR count). The van der Waals surface area contributed by atoms with E-state index in [0.29, 0.717) is 11.3 Å². The lowest BCUT2D eigenvalue weighted by atomic mass is 9.74. The maximum Gasteiger partial charge on any atom is 0.411 e. The number of nitrogens with zero attached hydrogens (tertiary/aromatic N) is 1. The minimum absolute atomic E-state index is 0.00410. The average molecular weight is 397 g/mol. The van der Waals surface area contributed by atoms with Gasteiger partial charge in [0.25, 0.3) is 0 Å². The molecular formula is C24H29FN2O2. The Balaban J connectivity index is 1.61. The maximum atomic E-state index is 14.7. The van der Waals surface area contributed by atoms with Crippen molar-refractivity contribution in [1.82, 2.24) is 10.2 Å². The fraction of sp³-hybridized carbons (Fsp3) is 0.375. The van der Waals surface area contributed by atoms with E-state index < -0.39 is 6.09 Å². The highest BCUT2D eigenvalue weighted by Crippen LogP contribution is 2.35. The summed E-state index contributed by atoms with van der Waals surface area (Å²) in [6, 6.07) is 14.9. The number of hydrogen-bond acceptors (Lipinski definition) is 3. The minimum Gasteiger partial charge on any atom is -0.444 e. The van der Waals surface area contributed by atoms with Gasteiger partial charge in [0.1, 0.15) is 12.4 Å². The molecule has 0 saturated carbocycles. The van der Waals surface area contributed by atoms with Gasteiger partial charge in [-0.15, -0.1) is 0 Å². The first-order valence-corrected chi connectivity index (χ1v) is 10.0. The molecular weight excluding hydrogens is 367 g/mol. The third-order valence-electron chi connectivity index (χ3n) is 5.67. The van der Waals surface area contributed by atoms with E-state index in [4.69, 9.17) is 4.74 Å². The van der Waals surface area contributed by atoms with Gasteiger partial charge in [-0.2, -0.15) is 0 Å². The number of likely N-dealkylation sites (tertiary alicyclic amines) is 1. The van der Waals surface area contributed by atoms with E-state index in [2.05, 4.69) is 24.2 Å². The molecule has 2 aromatic carbocycles. The average Bonchev–Trinajstić information content (AvgIpc) is 2.71. The highest BCUT2D eigenvalue weighted by Gasteiger charge is 2.31. The number of rotatable bonds is 5. The zero-order valence-electron chi connectivity index (χ0n) is 17.4. The number of piperidine rings is 1. The second-order valence-corrected chi connectivity index (χ2v) is 8.11. The van der Waals surface area contributed by atoms with E-state index in [-0.39, 0.29) is 17.8 Å². The number of allylic oxidation sites excluding steroid dienone is 1. The van der Waals surface area contributed by atoms with E-state index in [1.165, 1.54) is 0 Å². The summed E-state index contributed by atoms with van der Waals surface area (Å²) in [5.41, 5.74) is 2.93. The molecule has 5 heteroatoms. The van der Waals surface area contributed by atoms with Crippen molar-refractivity contribution in [3.05, 3.63) is 76.7 Å². The molecule has 4 nitrogen and oxygen atoms in total. The van der Waals surface area contributed by atoms with Crippen LogP contribution in [0.25, 0.3) is 6.08 Å². The molecule has 0 radical (unpaired) electrons. The van der Waals surface area contributed by atoms with Gasteiger partial charge in [-0.3, -0.25) is 5.32 Å². The molecule has 1 N–H and O–H groups in total. The van der Waals surface area contributed by atoms with Crippen LogP contribution in [0.5, 0.6) is 0 Å². The first-order chi connectivity index (χ1) is 13.9. The van der Waals surface area contributed by atoms with Gasteiger partial charge >= 0.3 is 6.09 Å². The molecule has 0 aromatic heterocycles. The molecule has 1 heterocycles. The van der Waals surface area contributed by atoms with Crippen molar-refractivity contribution in [1.29, 1.82) is 0 Å². The number of carbonyl (C=O) groups is 1. The lowest BCUT2D eigenvalue weighted by Gasteiger charge is -2.38. The molecule has 2 aromatic rings. The van der Waals surface area contributed by atoms with Gasteiger partial charge in [0.05, 0.1) is 0 Å².